The highest BCUT2D eigenvalue weighted by Crippen LogP contribution is 2.07. The molecule has 1 aromatic rings. The molecule has 0 aliphatic carbocycles. The lowest BCUT2D eigenvalue weighted by Gasteiger charge is -2.30. The quantitative estimate of drug-likeness (QED) is 0.327. The minimum Gasteiger partial charge on any atom is -0.355 e. The Hall–Kier alpha value is -0.860. The van der Waals surface area contributed by atoms with Gasteiger partial charge in [-0.15, -0.1) is 24.0 Å². The van der Waals surface area contributed by atoms with Crippen LogP contribution in [-0.4, -0.2) is 62.1 Å². The molecule has 0 atom stereocenters. The lowest BCUT2D eigenvalue weighted by atomic mass is 10.1. The van der Waals surface area contributed by atoms with Crippen LogP contribution in [0.3, 0.4) is 0 Å². The van der Waals surface area contributed by atoms with Gasteiger partial charge in [0.1, 0.15) is 0 Å². The van der Waals surface area contributed by atoms with E-state index in [9.17, 15) is 0 Å². The second-order valence-electron chi connectivity index (χ2n) is 7.34. The summed E-state index contributed by atoms with van der Waals surface area (Å²) >= 11 is 0. The van der Waals surface area contributed by atoms with Crippen molar-refractivity contribution in [2.24, 2.45) is 4.99 Å². The fraction of sp³-hybridized carbons (Fsp3) is 0.650. The van der Waals surface area contributed by atoms with Crippen LogP contribution < -0.4 is 10.6 Å². The summed E-state index contributed by atoms with van der Waals surface area (Å²) in [5.74, 6) is 0.852. The van der Waals surface area contributed by atoms with Crippen LogP contribution in [0.4, 0.5) is 0 Å². The van der Waals surface area contributed by atoms with Crippen LogP contribution in [0.15, 0.2) is 29.3 Å². The third-order valence-corrected chi connectivity index (χ3v) is 4.16. The number of hydrogen-bond acceptors (Lipinski definition) is 3. The van der Waals surface area contributed by atoms with Gasteiger partial charge in [-0.3, -0.25) is 9.89 Å². The highest BCUT2D eigenvalue weighted by atomic mass is 127. The Morgan fingerprint density at radius 2 is 1.65 bits per heavy atom. The van der Waals surface area contributed by atoms with Gasteiger partial charge < -0.3 is 15.5 Å². The van der Waals surface area contributed by atoms with Gasteiger partial charge in [0.05, 0.1) is 0 Å². The molecule has 0 amide bonds. The maximum absolute atomic E-state index is 4.33. The Balaban J connectivity index is 0.00000625. The second kappa shape index (κ2) is 13.3. The molecule has 150 valence electrons. The molecule has 2 N–H and O–H groups in total. The highest BCUT2D eigenvalue weighted by Gasteiger charge is 2.12. The lowest BCUT2D eigenvalue weighted by Crippen LogP contribution is -2.45. The van der Waals surface area contributed by atoms with E-state index in [1.165, 1.54) is 11.1 Å². The monoisotopic (exact) mass is 475 g/mol. The van der Waals surface area contributed by atoms with Gasteiger partial charge in [0.15, 0.2) is 5.96 Å². The Morgan fingerprint density at radius 1 is 1.04 bits per heavy atom. The number of nitrogens with one attached hydrogen (secondary N) is 2. The molecule has 0 saturated carbocycles. The number of guanidine groups is 1. The van der Waals surface area contributed by atoms with Crippen molar-refractivity contribution in [1.82, 2.24) is 20.4 Å². The summed E-state index contributed by atoms with van der Waals surface area (Å²) in [6.45, 7) is 12.6. The van der Waals surface area contributed by atoms with E-state index < -0.39 is 0 Å². The zero-order chi connectivity index (χ0) is 18.8. The van der Waals surface area contributed by atoms with Gasteiger partial charge in [-0.1, -0.05) is 24.3 Å². The molecule has 5 nitrogen and oxygen atoms in total. The first-order chi connectivity index (χ1) is 11.8. The Morgan fingerprint density at radius 3 is 2.19 bits per heavy atom. The predicted octanol–water partition coefficient (Wildman–Crippen LogP) is 3.15. The Labute approximate surface area is 177 Å². The van der Waals surface area contributed by atoms with Crippen molar-refractivity contribution in [3.05, 3.63) is 35.4 Å². The van der Waals surface area contributed by atoms with Crippen molar-refractivity contribution in [2.75, 3.05) is 34.2 Å². The summed E-state index contributed by atoms with van der Waals surface area (Å²) < 4.78 is 0. The fourth-order valence-electron chi connectivity index (χ4n) is 3.03. The molecule has 0 spiro atoms. The SMILES string of the molecule is CN=C(NCCN(C(C)C)C(C)C)NCc1cccc(CN(C)C)c1.I. The number of halogens is 1. The molecule has 6 heteroatoms. The van der Waals surface area contributed by atoms with E-state index in [0.29, 0.717) is 12.1 Å². The number of benzene rings is 1. The topological polar surface area (TPSA) is 42.9 Å². The molecule has 0 aliphatic rings. The lowest BCUT2D eigenvalue weighted by molar-refractivity contribution is 0.178. The van der Waals surface area contributed by atoms with Gasteiger partial charge in [0.25, 0.3) is 0 Å². The predicted molar refractivity (Wildman–Crippen MR) is 124 cm³/mol. The van der Waals surface area contributed by atoms with Crippen LogP contribution in [-0.2, 0) is 13.1 Å². The van der Waals surface area contributed by atoms with E-state index in [1.807, 2.05) is 7.05 Å². The first kappa shape index (κ1) is 25.1. The van der Waals surface area contributed by atoms with Crippen LogP contribution >= 0.6 is 24.0 Å². The molecule has 1 rings (SSSR count). The van der Waals surface area contributed by atoms with Gasteiger partial charge in [0.2, 0.25) is 0 Å². The standard InChI is InChI=1S/C20H37N5.HI/c1-16(2)25(17(3)4)12-11-22-20(21-5)23-14-18-9-8-10-19(13-18)15-24(6)7;/h8-10,13,16-17H,11-12,14-15H2,1-7H3,(H2,21,22,23);1H. The van der Waals surface area contributed by atoms with Crippen molar-refractivity contribution in [1.29, 1.82) is 0 Å². The van der Waals surface area contributed by atoms with Crippen LogP contribution in [0.25, 0.3) is 0 Å². The molecule has 0 aliphatic heterocycles. The summed E-state index contributed by atoms with van der Waals surface area (Å²) in [5, 5.41) is 6.82. The van der Waals surface area contributed by atoms with E-state index in [0.717, 1.165) is 32.1 Å². The smallest absolute Gasteiger partial charge is 0.191 e. The van der Waals surface area contributed by atoms with Crippen molar-refractivity contribution >= 4 is 29.9 Å². The van der Waals surface area contributed by atoms with Crippen LogP contribution in [0.5, 0.6) is 0 Å². The maximum atomic E-state index is 4.33. The molecule has 26 heavy (non-hydrogen) atoms. The average molecular weight is 475 g/mol. The van der Waals surface area contributed by atoms with Crippen LogP contribution in [0.2, 0.25) is 0 Å². The summed E-state index contributed by atoms with van der Waals surface area (Å²) in [4.78, 5) is 8.99. The second-order valence-corrected chi connectivity index (χ2v) is 7.34. The molecule has 0 heterocycles. The Bertz CT molecular complexity index is 521. The van der Waals surface area contributed by atoms with Gasteiger partial charge in [0, 0.05) is 45.3 Å². The van der Waals surface area contributed by atoms with Crippen LogP contribution in [0.1, 0.15) is 38.8 Å². The molecule has 0 aromatic heterocycles. The molecule has 0 unspecified atom stereocenters. The highest BCUT2D eigenvalue weighted by molar-refractivity contribution is 14.0. The first-order valence-corrected chi connectivity index (χ1v) is 9.26. The number of nitrogens with zero attached hydrogens (tertiary/aromatic N) is 3. The number of aliphatic imine (C=N–C) groups is 1. The van der Waals surface area contributed by atoms with E-state index >= 15 is 0 Å². The van der Waals surface area contributed by atoms with Crippen LogP contribution in [0, 0.1) is 0 Å². The van der Waals surface area contributed by atoms with Gasteiger partial charge >= 0.3 is 0 Å². The summed E-state index contributed by atoms with van der Waals surface area (Å²) in [6.07, 6.45) is 0. The molecule has 0 saturated heterocycles. The van der Waals surface area contributed by atoms with Crippen molar-refractivity contribution in [3.63, 3.8) is 0 Å². The van der Waals surface area contributed by atoms with E-state index in [2.05, 4.69) is 91.5 Å². The number of rotatable bonds is 9. The minimum absolute atomic E-state index is 0. The van der Waals surface area contributed by atoms with E-state index in [4.69, 9.17) is 0 Å². The molecular formula is C20H38IN5. The fourth-order valence-corrected chi connectivity index (χ4v) is 3.03. The van der Waals surface area contributed by atoms with Crippen molar-refractivity contribution < 1.29 is 0 Å². The third-order valence-electron chi connectivity index (χ3n) is 4.16. The molecular weight excluding hydrogens is 437 g/mol. The first-order valence-electron chi connectivity index (χ1n) is 9.26. The number of hydrogen-bond donors (Lipinski definition) is 2. The van der Waals surface area contributed by atoms with Crippen molar-refractivity contribution in [2.45, 2.75) is 52.9 Å². The Kier molecular flexibility index (Phi) is 12.9. The molecule has 1 aromatic carbocycles. The summed E-state index contributed by atoms with van der Waals surface area (Å²) in [7, 11) is 6.00. The normalized spacial score (nSPS) is 12.0. The zero-order valence-corrected chi connectivity index (χ0v) is 19.9. The van der Waals surface area contributed by atoms with Gasteiger partial charge in [-0.05, 0) is 52.9 Å². The zero-order valence-electron chi connectivity index (χ0n) is 17.5. The van der Waals surface area contributed by atoms with Gasteiger partial charge in [-0.25, -0.2) is 0 Å². The summed E-state index contributed by atoms with van der Waals surface area (Å²) in [6, 6.07) is 9.79. The molecule has 0 radical (unpaired) electrons. The largest absolute Gasteiger partial charge is 0.355 e. The van der Waals surface area contributed by atoms with E-state index in [-0.39, 0.29) is 24.0 Å². The summed E-state index contributed by atoms with van der Waals surface area (Å²) in [5.41, 5.74) is 2.60. The van der Waals surface area contributed by atoms with E-state index in [1.54, 1.807) is 0 Å². The maximum Gasteiger partial charge on any atom is 0.191 e. The molecule has 0 bridgehead atoms. The average Bonchev–Trinajstić information content (AvgIpc) is 2.53. The molecule has 0 fully saturated rings. The third kappa shape index (κ3) is 9.73. The minimum atomic E-state index is 0. The van der Waals surface area contributed by atoms with Crippen molar-refractivity contribution in [3.8, 4) is 0 Å². The van der Waals surface area contributed by atoms with Gasteiger partial charge in [-0.2, -0.15) is 0 Å².